The molecule has 2 N–H and O–H groups in total. The maximum absolute atomic E-state index is 12.8. The van der Waals surface area contributed by atoms with E-state index >= 15 is 0 Å². The smallest absolute Gasteiger partial charge is 0.253 e. The molecule has 4 aliphatic heterocycles. The van der Waals surface area contributed by atoms with Gasteiger partial charge in [0.25, 0.3) is 11.8 Å². The van der Waals surface area contributed by atoms with Crippen LogP contribution in [0, 0.1) is 22.7 Å². The van der Waals surface area contributed by atoms with Gasteiger partial charge in [0.2, 0.25) is 11.8 Å². The van der Waals surface area contributed by atoms with Gasteiger partial charge in [0.15, 0.2) is 0 Å². The molecule has 0 saturated carbocycles. The van der Waals surface area contributed by atoms with Gasteiger partial charge in [0, 0.05) is 35.1 Å². The maximum atomic E-state index is 12.8. The Labute approximate surface area is 259 Å². The summed E-state index contributed by atoms with van der Waals surface area (Å²) in [5.41, 5.74) is -0.270. The van der Waals surface area contributed by atoms with E-state index in [4.69, 9.17) is 0 Å². The summed E-state index contributed by atoms with van der Waals surface area (Å²) in [5.74, 6) is 0.943. The minimum Gasteiger partial charge on any atom is -0.393 e. The summed E-state index contributed by atoms with van der Waals surface area (Å²) in [6.07, 6.45) is 8.95. The normalized spacial score (nSPS) is 24.5. The fraction of sp³-hybridized carbons (Fsp3) is 0.750. The molecule has 2 fully saturated rings. The molecule has 0 aliphatic carbocycles. The lowest BCUT2D eigenvalue weighted by Crippen LogP contribution is -2.44. The van der Waals surface area contributed by atoms with Crippen molar-refractivity contribution >= 4 is 47.2 Å². The van der Waals surface area contributed by atoms with Crippen LogP contribution in [-0.2, 0) is 19.2 Å². The van der Waals surface area contributed by atoms with Crippen molar-refractivity contribution in [2.75, 3.05) is 24.6 Å². The van der Waals surface area contributed by atoms with Gasteiger partial charge in [0.1, 0.15) is 0 Å². The third-order valence-corrected chi connectivity index (χ3v) is 11.7. The molecule has 0 aromatic heterocycles. The van der Waals surface area contributed by atoms with Crippen LogP contribution in [0.2, 0.25) is 0 Å². The molecule has 4 aliphatic rings. The number of amides is 4. The largest absolute Gasteiger partial charge is 0.393 e. The van der Waals surface area contributed by atoms with Gasteiger partial charge in [-0.05, 0) is 86.5 Å². The van der Waals surface area contributed by atoms with E-state index in [0.29, 0.717) is 51.6 Å². The number of rotatable bonds is 15. The number of thioether (sulfide) groups is 2. The maximum Gasteiger partial charge on any atom is 0.253 e. The lowest BCUT2D eigenvalue weighted by molar-refractivity contribution is -0.147. The predicted molar refractivity (Wildman–Crippen MR) is 167 cm³/mol. The molecule has 2 saturated heterocycles. The van der Waals surface area contributed by atoms with Gasteiger partial charge in [-0.1, -0.05) is 27.7 Å². The summed E-state index contributed by atoms with van der Waals surface area (Å²) in [6.45, 7) is 9.23. The number of carbonyl (C=O) groups is 4. The van der Waals surface area contributed by atoms with Crippen molar-refractivity contribution in [2.45, 2.75) is 104 Å². The number of imide groups is 2. The topological polar surface area (TPSA) is 115 Å². The highest BCUT2D eigenvalue weighted by Gasteiger charge is 2.40. The summed E-state index contributed by atoms with van der Waals surface area (Å²) >= 11 is 3.22. The van der Waals surface area contributed by atoms with Gasteiger partial charge in [-0.15, -0.1) is 23.5 Å². The Morgan fingerprint density at radius 3 is 1.45 bits per heavy atom. The van der Waals surface area contributed by atoms with Crippen LogP contribution in [0.25, 0.3) is 0 Å². The Balaban J connectivity index is 1.12. The summed E-state index contributed by atoms with van der Waals surface area (Å²) in [6, 6.07) is 0. The highest BCUT2D eigenvalue weighted by atomic mass is 32.2. The average molecular weight is 621 g/mol. The molecule has 42 heavy (non-hydrogen) atoms. The van der Waals surface area contributed by atoms with Gasteiger partial charge in [-0.2, -0.15) is 0 Å². The molecule has 8 nitrogen and oxygen atoms in total. The van der Waals surface area contributed by atoms with E-state index in [-0.39, 0.29) is 46.3 Å². The molecule has 10 heteroatoms. The van der Waals surface area contributed by atoms with Crippen LogP contribution in [0.4, 0.5) is 0 Å². The van der Waals surface area contributed by atoms with E-state index < -0.39 is 12.2 Å². The molecular weight excluding hydrogens is 572 g/mol. The molecule has 0 spiro atoms. The van der Waals surface area contributed by atoms with Crippen molar-refractivity contribution in [3.8, 4) is 0 Å². The van der Waals surface area contributed by atoms with E-state index in [2.05, 4.69) is 27.7 Å². The first-order valence-corrected chi connectivity index (χ1v) is 17.5. The van der Waals surface area contributed by atoms with E-state index in [9.17, 15) is 29.4 Å². The molecule has 4 rings (SSSR count). The molecular formula is C32H48N2O6S2. The fourth-order valence-electron chi connectivity index (χ4n) is 6.15. The molecule has 4 amide bonds. The molecule has 0 bridgehead atoms. The summed E-state index contributed by atoms with van der Waals surface area (Å²) < 4.78 is 0. The molecule has 0 aromatic rings. The first-order chi connectivity index (χ1) is 19.8. The SMILES string of the molecule is CC(C)(CCC(O)CCC(O)CCC(C)(C)CCN1C(=O)C=C2SCCC2C1=O)CCN1C(=O)C=C2SCCC2C1=O. The second kappa shape index (κ2) is 14.0. The zero-order chi connectivity index (χ0) is 30.7. The van der Waals surface area contributed by atoms with Crippen LogP contribution in [0.3, 0.4) is 0 Å². The van der Waals surface area contributed by atoms with Crippen molar-refractivity contribution in [3.63, 3.8) is 0 Å². The van der Waals surface area contributed by atoms with Crippen molar-refractivity contribution in [1.82, 2.24) is 9.80 Å². The Bertz CT molecular complexity index is 1030. The molecule has 4 unspecified atom stereocenters. The summed E-state index contributed by atoms with van der Waals surface area (Å²) in [4.78, 5) is 55.2. The highest BCUT2D eigenvalue weighted by Crippen LogP contribution is 2.41. The third-order valence-electron chi connectivity index (χ3n) is 9.40. The number of carbonyl (C=O) groups excluding carboxylic acids is 4. The number of aliphatic hydroxyl groups is 2. The number of aliphatic hydroxyl groups excluding tert-OH is 2. The van der Waals surface area contributed by atoms with Crippen molar-refractivity contribution in [1.29, 1.82) is 0 Å². The first kappa shape index (κ1) is 33.3. The second-order valence-electron chi connectivity index (χ2n) is 13.9. The molecule has 4 heterocycles. The molecule has 0 radical (unpaired) electrons. The van der Waals surface area contributed by atoms with Crippen LogP contribution in [-0.4, -0.2) is 80.4 Å². The molecule has 0 aromatic carbocycles. The summed E-state index contributed by atoms with van der Waals surface area (Å²) in [5, 5.41) is 21.2. The zero-order valence-corrected chi connectivity index (χ0v) is 27.2. The first-order valence-electron chi connectivity index (χ1n) is 15.5. The predicted octanol–water partition coefficient (Wildman–Crippen LogP) is 4.89. The Kier molecular flexibility index (Phi) is 11.1. The van der Waals surface area contributed by atoms with Crippen LogP contribution in [0.5, 0.6) is 0 Å². The number of nitrogens with zero attached hydrogens (tertiary/aromatic N) is 2. The van der Waals surface area contributed by atoms with Gasteiger partial charge in [0.05, 0.1) is 24.0 Å². The fourth-order valence-corrected chi connectivity index (χ4v) is 8.54. The second-order valence-corrected chi connectivity index (χ2v) is 16.3. The van der Waals surface area contributed by atoms with Crippen LogP contribution in [0.15, 0.2) is 22.0 Å². The summed E-state index contributed by atoms with van der Waals surface area (Å²) in [7, 11) is 0. The standard InChI is InChI=1S/C32H48N2O6S2/c1-31(2,13-15-33-27(37)19-25-23(29(33)39)9-17-41-25)11-7-21(35)5-6-22(36)8-12-32(3,4)14-16-34-28(38)20-26-24(30(34)40)10-18-42-26/h19-24,35-36H,5-18H2,1-4H3. The van der Waals surface area contributed by atoms with Gasteiger partial charge in [-0.25, -0.2) is 0 Å². The number of hydrogen-bond acceptors (Lipinski definition) is 8. The minimum absolute atomic E-state index is 0.0667. The van der Waals surface area contributed by atoms with Gasteiger partial charge < -0.3 is 10.2 Å². The Morgan fingerprint density at radius 1 is 0.690 bits per heavy atom. The highest BCUT2D eigenvalue weighted by molar-refractivity contribution is 8.03. The van der Waals surface area contributed by atoms with Gasteiger partial charge >= 0.3 is 0 Å². The van der Waals surface area contributed by atoms with Crippen molar-refractivity contribution < 1.29 is 29.4 Å². The van der Waals surface area contributed by atoms with E-state index in [1.165, 1.54) is 9.80 Å². The van der Waals surface area contributed by atoms with Crippen LogP contribution < -0.4 is 0 Å². The van der Waals surface area contributed by atoms with Gasteiger partial charge in [-0.3, -0.25) is 29.0 Å². The monoisotopic (exact) mass is 620 g/mol. The average Bonchev–Trinajstić information content (AvgIpc) is 3.59. The quantitative estimate of drug-likeness (QED) is 0.249. The molecule has 4 atom stereocenters. The van der Waals surface area contributed by atoms with Crippen molar-refractivity contribution in [3.05, 3.63) is 22.0 Å². The van der Waals surface area contributed by atoms with Crippen molar-refractivity contribution in [2.24, 2.45) is 22.7 Å². The zero-order valence-electron chi connectivity index (χ0n) is 25.6. The van der Waals surface area contributed by atoms with Crippen LogP contribution >= 0.6 is 23.5 Å². The minimum atomic E-state index is -0.519. The van der Waals surface area contributed by atoms with E-state index in [1.807, 2.05) is 0 Å². The number of fused-ring (bicyclic) bond motifs is 2. The van der Waals surface area contributed by atoms with Crippen LogP contribution in [0.1, 0.15) is 91.9 Å². The number of hydrogen-bond donors (Lipinski definition) is 2. The van der Waals surface area contributed by atoms with E-state index in [0.717, 1.165) is 47.0 Å². The Hall–Kier alpha value is -1.62. The Morgan fingerprint density at radius 2 is 1.07 bits per heavy atom. The van der Waals surface area contributed by atoms with E-state index in [1.54, 1.807) is 35.7 Å². The lowest BCUT2D eigenvalue weighted by atomic mass is 9.81. The lowest BCUT2D eigenvalue weighted by Gasteiger charge is -2.32. The third kappa shape index (κ3) is 8.51. The molecule has 234 valence electrons.